The Morgan fingerprint density at radius 2 is 2.06 bits per heavy atom. The lowest BCUT2D eigenvalue weighted by Crippen LogP contribution is -2.36. The number of sulfone groups is 1. The van der Waals surface area contributed by atoms with Crippen molar-refractivity contribution < 1.29 is 27.1 Å². The van der Waals surface area contributed by atoms with Crippen LogP contribution in [0.4, 0.5) is 4.39 Å². The number of aromatic nitrogens is 2. The molecule has 8 nitrogen and oxygen atoms in total. The largest absolute Gasteiger partial charge is 0.383 e. The molecule has 0 saturated carbocycles. The zero-order valence-corrected chi connectivity index (χ0v) is 21.8. The van der Waals surface area contributed by atoms with Gasteiger partial charge in [-0.2, -0.15) is 0 Å². The number of carbonyl (C=O) groups is 1. The van der Waals surface area contributed by atoms with Gasteiger partial charge in [-0.15, -0.1) is 0 Å². The van der Waals surface area contributed by atoms with E-state index in [4.69, 9.17) is 9.47 Å². The van der Waals surface area contributed by atoms with Crippen LogP contribution in [0.25, 0.3) is 0 Å². The van der Waals surface area contributed by atoms with E-state index >= 15 is 0 Å². The van der Waals surface area contributed by atoms with Crippen LogP contribution in [-0.2, 0) is 42.9 Å². The first-order chi connectivity index (χ1) is 16.5. The summed E-state index contributed by atoms with van der Waals surface area (Å²) in [5.41, 5.74) is 0.475. The van der Waals surface area contributed by atoms with Crippen molar-refractivity contribution >= 4 is 15.7 Å². The molecule has 1 fully saturated rings. The molecule has 0 spiro atoms. The first-order valence-corrected chi connectivity index (χ1v) is 13.5. The number of nitrogens with zero attached hydrogens (tertiary/aromatic N) is 3. The van der Waals surface area contributed by atoms with E-state index in [9.17, 15) is 17.6 Å². The second-order valence-corrected chi connectivity index (χ2v) is 12.1. The number of carbonyl (C=O) groups excluding carboxylic acids is 1. The average Bonchev–Trinajstić information content (AvgIpc) is 3.42. The van der Waals surface area contributed by atoms with Crippen LogP contribution in [0.1, 0.15) is 51.3 Å². The fourth-order valence-corrected chi connectivity index (χ4v) is 5.61. The monoisotopic (exact) mass is 509 g/mol. The van der Waals surface area contributed by atoms with Gasteiger partial charge in [0.05, 0.1) is 43.4 Å². The van der Waals surface area contributed by atoms with E-state index < -0.39 is 21.4 Å². The summed E-state index contributed by atoms with van der Waals surface area (Å²) in [5.74, 6) is -1.12. The van der Waals surface area contributed by atoms with Crippen LogP contribution in [0.3, 0.4) is 0 Å². The molecule has 0 N–H and O–H groups in total. The molecule has 1 aliphatic rings. The summed E-state index contributed by atoms with van der Waals surface area (Å²) in [7, 11) is -2.39. The highest BCUT2D eigenvalue weighted by Gasteiger charge is 2.29. The summed E-state index contributed by atoms with van der Waals surface area (Å²) in [5, 5.41) is -0.138. The summed E-state index contributed by atoms with van der Waals surface area (Å²) in [6.07, 6.45) is 3.39. The van der Waals surface area contributed by atoms with Crippen molar-refractivity contribution in [1.82, 2.24) is 14.5 Å². The van der Waals surface area contributed by atoms with E-state index in [2.05, 4.69) is 4.98 Å². The highest BCUT2D eigenvalue weighted by Crippen LogP contribution is 2.25. The van der Waals surface area contributed by atoms with Gasteiger partial charge in [0.2, 0.25) is 20.9 Å². The van der Waals surface area contributed by atoms with Crippen molar-refractivity contribution in [2.75, 3.05) is 26.9 Å². The molecule has 1 aromatic heterocycles. The van der Waals surface area contributed by atoms with Crippen molar-refractivity contribution in [3.05, 3.63) is 47.5 Å². The molecule has 1 aromatic carbocycles. The molecule has 1 saturated heterocycles. The number of hydrogen-bond donors (Lipinski definition) is 0. The van der Waals surface area contributed by atoms with Gasteiger partial charge >= 0.3 is 0 Å². The molecule has 2 heterocycles. The Labute approximate surface area is 207 Å². The van der Waals surface area contributed by atoms with Crippen LogP contribution >= 0.6 is 0 Å². The number of hydrogen-bond acceptors (Lipinski definition) is 6. The number of halogens is 1. The number of rotatable bonds is 11. The molecule has 1 atom stereocenters. The van der Waals surface area contributed by atoms with Gasteiger partial charge in [0.1, 0.15) is 5.82 Å². The molecule has 0 unspecified atom stereocenters. The topological polar surface area (TPSA) is 90.7 Å². The SMILES string of the molecule is COCCN(Cc1cnc(S(=O)(=O)Cc2ccccc2F)n1C[C@@H]1CCCO1)C(=O)CC(C)(C)C. The zero-order chi connectivity index (χ0) is 25.6. The van der Waals surface area contributed by atoms with Gasteiger partial charge in [-0.05, 0) is 24.3 Å². The molecule has 35 heavy (non-hydrogen) atoms. The fourth-order valence-electron chi connectivity index (χ4n) is 4.09. The Morgan fingerprint density at radius 1 is 1.31 bits per heavy atom. The van der Waals surface area contributed by atoms with E-state index in [1.54, 1.807) is 22.6 Å². The molecule has 2 aromatic rings. The molecule has 0 aliphatic carbocycles. The predicted molar refractivity (Wildman–Crippen MR) is 130 cm³/mol. The molecular formula is C25H36FN3O5S. The molecule has 1 amide bonds. The lowest BCUT2D eigenvalue weighted by molar-refractivity contribution is -0.134. The van der Waals surface area contributed by atoms with Gasteiger partial charge in [-0.3, -0.25) is 4.79 Å². The number of methoxy groups -OCH3 is 1. The Bertz CT molecular complexity index is 1100. The average molecular weight is 510 g/mol. The Kier molecular flexibility index (Phi) is 9.06. The molecule has 0 bridgehead atoms. The van der Waals surface area contributed by atoms with Gasteiger partial charge in [0.25, 0.3) is 0 Å². The highest BCUT2D eigenvalue weighted by molar-refractivity contribution is 7.90. The van der Waals surface area contributed by atoms with Gasteiger partial charge in [-0.1, -0.05) is 39.0 Å². The zero-order valence-electron chi connectivity index (χ0n) is 21.0. The molecule has 1 aliphatic heterocycles. The minimum absolute atomic E-state index is 0.0461. The standard InChI is InChI=1S/C25H36FN3O5S/c1-25(2,3)14-23(30)28(11-13-33-4)16-20-15-27-24(29(20)17-21-9-7-12-34-21)35(31,32)18-19-8-5-6-10-22(19)26/h5-6,8,10,15,21H,7,9,11-14,16-18H2,1-4H3/t21-/m0/s1. The predicted octanol–water partition coefficient (Wildman–Crippen LogP) is 3.59. The van der Waals surface area contributed by atoms with Crippen LogP contribution in [0.2, 0.25) is 0 Å². The van der Waals surface area contributed by atoms with E-state index in [1.165, 1.54) is 24.4 Å². The van der Waals surface area contributed by atoms with Gasteiger partial charge in [-0.25, -0.2) is 17.8 Å². The van der Waals surface area contributed by atoms with E-state index in [0.717, 1.165) is 12.8 Å². The smallest absolute Gasteiger partial charge is 0.228 e. The summed E-state index contributed by atoms with van der Waals surface area (Å²) in [4.78, 5) is 19.0. The second kappa shape index (κ2) is 11.6. The van der Waals surface area contributed by atoms with Crippen LogP contribution in [0.5, 0.6) is 0 Å². The maximum absolute atomic E-state index is 14.2. The summed E-state index contributed by atoms with van der Waals surface area (Å²) >= 11 is 0. The van der Waals surface area contributed by atoms with Gasteiger partial charge < -0.3 is 18.9 Å². The number of imidazole rings is 1. The first kappa shape index (κ1) is 27.3. The molecule has 3 rings (SSSR count). The van der Waals surface area contributed by atoms with E-state index in [0.29, 0.717) is 38.4 Å². The molecule has 0 radical (unpaired) electrons. The third kappa shape index (κ3) is 7.59. The Hall–Kier alpha value is -2.30. The van der Waals surface area contributed by atoms with Crippen LogP contribution < -0.4 is 0 Å². The quantitative estimate of drug-likeness (QED) is 0.460. The maximum atomic E-state index is 14.2. The van der Waals surface area contributed by atoms with Crippen LogP contribution in [-0.4, -0.2) is 61.7 Å². The normalized spacial score (nSPS) is 16.5. The highest BCUT2D eigenvalue weighted by atomic mass is 32.2. The number of amides is 1. The van der Waals surface area contributed by atoms with Crippen molar-refractivity contribution in [1.29, 1.82) is 0 Å². The summed E-state index contributed by atoms with van der Waals surface area (Å²) in [6.45, 7) is 7.81. The number of ether oxygens (including phenoxy) is 2. The molecule has 194 valence electrons. The van der Waals surface area contributed by atoms with E-state index in [1.807, 2.05) is 20.8 Å². The molecular weight excluding hydrogens is 473 g/mol. The van der Waals surface area contributed by atoms with Gasteiger partial charge in [0.15, 0.2) is 0 Å². The Morgan fingerprint density at radius 3 is 2.69 bits per heavy atom. The maximum Gasteiger partial charge on any atom is 0.228 e. The fraction of sp³-hybridized carbons (Fsp3) is 0.600. The van der Waals surface area contributed by atoms with Crippen LogP contribution in [0, 0.1) is 11.2 Å². The molecule has 10 heteroatoms. The Balaban J connectivity index is 1.94. The third-order valence-corrected chi connectivity index (χ3v) is 7.42. The first-order valence-electron chi connectivity index (χ1n) is 11.9. The van der Waals surface area contributed by atoms with Crippen molar-refractivity contribution in [3.8, 4) is 0 Å². The summed E-state index contributed by atoms with van der Waals surface area (Å²) in [6, 6.07) is 5.82. The lowest BCUT2D eigenvalue weighted by Gasteiger charge is -2.27. The third-order valence-electron chi connectivity index (χ3n) is 5.85. The lowest BCUT2D eigenvalue weighted by atomic mass is 9.91. The minimum Gasteiger partial charge on any atom is -0.383 e. The minimum atomic E-state index is -3.96. The van der Waals surface area contributed by atoms with Crippen molar-refractivity contribution in [2.45, 2.75) is 70.1 Å². The second-order valence-electron chi connectivity index (χ2n) is 10.2. The summed E-state index contributed by atoms with van der Waals surface area (Å²) < 4.78 is 53.5. The number of benzene rings is 1. The van der Waals surface area contributed by atoms with Crippen molar-refractivity contribution in [2.24, 2.45) is 5.41 Å². The van der Waals surface area contributed by atoms with Gasteiger partial charge in [0, 0.05) is 32.2 Å². The van der Waals surface area contributed by atoms with Crippen molar-refractivity contribution in [3.63, 3.8) is 0 Å². The van der Waals surface area contributed by atoms with Crippen LogP contribution in [0.15, 0.2) is 35.6 Å². The van der Waals surface area contributed by atoms with E-state index in [-0.39, 0.29) is 34.7 Å².